The molecule has 0 aliphatic carbocycles. The van der Waals surface area contributed by atoms with Crippen LogP contribution in [-0.2, 0) is 6.54 Å². The van der Waals surface area contributed by atoms with Crippen LogP contribution in [0.4, 0.5) is 11.4 Å². The van der Waals surface area contributed by atoms with Crippen LogP contribution in [-0.4, -0.2) is 49.0 Å². The number of anilines is 1. The van der Waals surface area contributed by atoms with Gasteiger partial charge in [0.2, 0.25) is 0 Å². The van der Waals surface area contributed by atoms with Gasteiger partial charge in [-0.05, 0) is 52.3 Å². The van der Waals surface area contributed by atoms with Gasteiger partial charge in [-0.25, -0.2) is 0 Å². The van der Waals surface area contributed by atoms with Crippen molar-refractivity contribution < 1.29 is 4.92 Å². The van der Waals surface area contributed by atoms with E-state index in [-0.39, 0.29) is 11.4 Å². The molecule has 0 unspecified atom stereocenters. The number of nitro groups is 1. The summed E-state index contributed by atoms with van der Waals surface area (Å²) in [7, 11) is 6.10. The van der Waals surface area contributed by atoms with Crippen LogP contribution in [0.25, 0.3) is 0 Å². The third kappa shape index (κ3) is 5.23. The lowest BCUT2D eigenvalue weighted by Gasteiger charge is -2.18. The van der Waals surface area contributed by atoms with Crippen LogP contribution >= 0.6 is 0 Å². The molecule has 0 aliphatic rings. The van der Waals surface area contributed by atoms with E-state index in [4.69, 9.17) is 5.73 Å². The molecule has 0 saturated heterocycles. The Balaban J connectivity index is 2.57. The van der Waals surface area contributed by atoms with Gasteiger partial charge in [-0.2, -0.15) is 0 Å². The zero-order valence-corrected chi connectivity index (χ0v) is 11.8. The zero-order chi connectivity index (χ0) is 14.4. The number of rotatable bonds is 7. The second kappa shape index (κ2) is 7.06. The molecule has 0 radical (unpaired) electrons. The number of nitro benzene ring substituents is 1. The molecule has 0 fully saturated rings. The topological polar surface area (TPSA) is 75.6 Å². The number of hydrogen-bond acceptors (Lipinski definition) is 5. The number of hydrogen-bond donors (Lipinski definition) is 1. The van der Waals surface area contributed by atoms with Crippen molar-refractivity contribution >= 4 is 11.4 Å². The van der Waals surface area contributed by atoms with Crippen LogP contribution < -0.4 is 5.73 Å². The van der Waals surface area contributed by atoms with Crippen LogP contribution in [0.2, 0.25) is 0 Å². The minimum Gasteiger partial charge on any atom is -0.393 e. The summed E-state index contributed by atoms with van der Waals surface area (Å²) in [5.41, 5.74) is 6.68. The predicted octanol–water partition coefficient (Wildman–Crippen LogP) is 1.56. The van der Waals surface area contributed by atoms with Gasteiger partial charge in [0, 0.05) is 12.6 Å². The molecule has 0 bridgehead atoms. The Bertz CT molecular complexity index is 435. The highest BCUT2D eigenvalue weighted by Gasteiger charge is 2.12. The third-order valence-electron chi connectivity index (χ3n) is 2.89. The standard InChI is InChI=1S/C13H22N4O2/c1-15(2)7-4-8-16(3)10-11-5-6-12(14)13(9-11)17(18)19/h5-6,9H,4,7-8,10,14H2,1-3H3. The largest absolute Gasteiger partial charge is 0.393 e. The van der Waals surface area contributed by atoms with Gasteiger partial charge in [0.1, 0.15) is 5.69 Å². The van der Waals surface area contributed by atoms with Crippen molar-refractivity contribution in [3.8, 4) is 0 Å². The van der Waals surface area contributed by atoms with Crippen LogP contribution in [0.15, 0.2) is 18.2 Å². The van der Waals surface area contributed by atoms with Crippen LogP contribution in [0.5, 0.6) is 0 Å². The van der Waals surface area contributed by atoms with E-state index < -0.39 is 4.92 Å². The van der Waals surface area contributed by atoms with Crippen molar-refractivity contribution in [3.05, 3.63) is 33.9 Å². The molecule has 1 rings (SSSR count). The Labute approximate surface area is 113 Å². The summed E-state index contributed by atoms with van der Waals surface area (Å²) in [5.74, 6) is 0. The summed E-state index contributed by atoms with van der Waals surface area (Å²) in [5, 5.41) is 10.8. The molecular weight excluding hydrogens is 244 g/mol. The summed E-state index contributed by atoms with van der Waals surface area (Å²) in [6.07, 6.45) is 1.07. The fourth-order valence-electron chi connectivity index (χ4n) is 1.89. The van der Waals surface area contributed by atoms with Crippen LogP contribution in [0.1, 0.15) is 12.0 Å². The van der Waals surface area contributed by atoms with E-state index in [0.29, 0.717) is 6.54 Å². The Hall–Kier alpha value is -1.66. The lowest BCUT2D eigenvalue weighted by Crippen LogP contribution is -2.23. The normalized spacial score (nSPS) is 11.2. The van der Waals surface area contributed by atoms with Gasteiger partial charge >= 0.3 is 0 Å². The smallest absolute Gasteiger partial charge is 0.292 e. The summed E-state index contributed by atoms with van der Waals surface area (Å²) >= 11 is 0. The van der Waals surface area contributed by atoms with E-state index in [1.807, 2.05) is 27.2 Å². The minimum atomic E-state index is -0.440. The van der Waals surface area contributed by atoms with Gasteiger partial charge in [0.15, 0.2) is 0 Å². The Morgan fingerprint density at radius 3 is 2.53 bits per heavy atom. The van der Waals surface area contributed by atoms with E-state index in [2.05, 4.69) is 9.80 Å². The first kappa shape index (κ1) is 15.4. The Morgan fingerprint density at radius 1 is 1.26 bits per heavy atom. The van der Waals surface area contributed by atoms with Crippen molar-refractivity contribution in [2.45, 2.75) is 13.0 Å². The van der Waals surface area contributed by atoms with E-state index in [1.165, 1.54) is 0 Å². The van der Waals surface area contributed by atoms with Crippen molar-refractivity contribution in [2.75, 3.05) is 40.0 Å². The molecule has 0 atom stereocenters. The summed E-state index contributed by atoms with van der Waals surface area (Å²) < 4.78 is 0. The molecule has 0 aliphatic heterocycles. The second-order valence-electron chi connectivity index (χ2n) is 5.04. The molecule has 0 spiro atoms. The van der Waals surface area contributed by atoms with E-state index in [9.17, 15) is 10.1 Å². The van der Waals surface area contributed by atoms with Gasteiger partial charge < -0.3 is 15.5 Å². The first-order valence-corrected chi connectivity index (χ1v) is 6.26. The molecule has 106 valence electrons. The molecule has 1 aromatic rings. The number of benzene rings is 1. The Morgan fingerprint density at radius 2 is 1.95 bits per heavy atom. The van der Waals surface area contributed by atoms with Gasteiger partial charge in [0.05, 0.1) is 4.92 Å². The zero-order valence-electron chi connectivity index (χ0n) is 11.8. The second-order valence-corrected chi connectivity index (χ2v) is 5.04. The molecule has 0 aromatic heterocycles. The van der Waals surface area contributed by atoms with Gasteiger partial charge in [0.25, 0.3) is 5.69 Å². The highest BCUT2D eigenvalue weighted by Crippen LogP contribution is 2.22. The maximum absolute atomic E-state index is 10.8. The molecule has 2 N–H and O–H groups in total. The van der Waals surface area contributed by atoms with Crippen molar-refractivity contribution in [3.63, 3.8) is 0 Å². The molecule has 1 aromatic carbocycles. The minimum absolute atomic E-state index is 0.0146. The average Bonchev–Trinajstić information content (AvgIpc) is 2.30. The van der Waals surface area contributed by atoms with E-state index >= 15 is 0 Å². The third-order valence-corrected chi connectivity index (χ3v) is 2.89. The average molecular weight is 266 g/mol. The number of nitrogens with two attached hydrogens (primary N) is 1. The first-order chi connectivity index (χ1) is 8.90. The quantitative estimate of drug-likeness (QED) is 0.460. The van der Waals surface area contributed by atoms with Gasteiger partial charge in [-0.3, -0.25) is 10.1 Å². The van der Waals surface area contributed by atoms with Gasteiger partial charge in [-0.1, -0.05) is 6.07 Å². The number of nitrogen functional groups attached to an aromatic ring is 1. The van der Waals surface area contributed by atoms with Crippen molar-refractivity contribution in [1.82, 2.24) is 9.80 Å². The fraction of sp³-hybridized carbons (Fsp3) is 0.538. The maximum atomic E-state index is 10.8. The SMILES string of the molecule is CN(C)CCCN(C)Cc1ccc(N)c([N+](=O)[O-])c1. The maximum Gasteiger partial charge on any atom is 0.292 e. The molecular formula is C13H22N4O2. The van der Waals surface area contributed by atoms with Crippen molar-refractivity contribution in [1.29, 1.82) is 0 Å². The van der Waals surface area contributed by atoms with E-state index in [0.717, 1.165) is 25.1 Å². The molecule has 6 nitrogen and oxygen atoms in total. The molecule has 0 saturated carbocycles. The fourth-order valence-corrected chi connectivity index (χ4v) is 1.89. The summed E-state index contributed by atoms with van der Waals surface area (Å²) in [6, 6.07) is 4.99. The molecule has 0 amide bonds. The Kier molecular flexibility index (Phi) is 5.72. The molecule has 0 heterocycles. The highest BCUT2D eigenvalue weighted by molar-refractivity contribution is 5.59. The lowest BCUT2D eigenvalue weighted by molar-refractivity contribution is -0.384. The number of nitrogens with zero attached hydrogens (tertiary/aromatic N) is 3. The van der Waals surface area contributed by atoms with E-state index in [1.54, 1.807) is 12.1 Å². The predicted molar refractivity (Wildman–Crippen MR) is 77.0 cm³/mol. The first-order valence-electron chi connectivity index (χ1n) is 6.26. The summed E-state index contributed by atoms with van der Waals surface area (Å²) in [6.45, 7) is 2.68. The monoisotopic (exact) mass is 266 g/mol. The van der Waals surface area contributed by atoms with Crippen LogP contribution in [0.3, 0.4) is 0 Å². The van der Waals surface area contributed by atoms with Crippen molar-refractivity contribution in [2.24, 2.45) is 0 Å². The molecule has 6 heteroatoms. The summed E-state index contributed by atoms with van der Waals surface area (Å²) in [4.78, 5) is 14.7. The van der Waals surface area contributed by atoms with Crippen LogP contribution in [0, 0.1) is 10.1 Å². The highest BCUT2D eigenvalue weighted by atomic mass is 16.6. The lowest BCUT2D eigenvalue weighted by atomic mass is 10.1. The molecule has 19 heavy (non-hydrogen) atoms. The van der Waals surface area contributed by atoms with Gasteiger partial charge in [-0.15, -0.1) is 0 Å².